The van der Waals surface area contributed by atoms with Crippen LogP contribution in [-0.2, 0) is 16.1 Å². The summed E-state index contributed by atoms with van der Waals surface area (Å²) in [4.78, 5) is 18.9. The van der Waals surface area contributed by atoms with Gasteiger partial charge in [0, 0.05) is 49.6 Å². The molecular formula is C20H25FN2O2S. The molecule has 1 fully saturated rings. The normalized spacial score (nSPS) is 16.7. The van der Waals surface area contributed by atoms with Gasteiger partial charge in [-0.3, -0.25) is 9.69 Å². The average molecular weight is 376 g/mol. The Balaban J connectivity index is 1.51. The summed E-state index contributed by atoms with van der Waals surface area (Å²) >= 11 is 1.70. The van der Waals surface area contributed by atoms with E-state index in [1.54, 1.807) is 30.6 Å². The van der Waals surface area contributed by atoms with Crippen LogP contribution < -0.4 is 0 Å². The summed E-state index contributed by atoms with van der Waals surface area (Å²) in [6.07, 6.45) is 0.409. The quantitative estimate of drug-likeness (QED) is 0.772. The molecule has 1 aromatic carbocycles. The first-order valence-electron chi connectivity index (χ1n) is 8.92. The summed E-state index contributed by atoms with van der Waals surface area (Å²) in [6.45, 7) is 6.06. The van der Waals surface area contributed by atoms with Gasteiger partial charge in [-0.2, -0.15) is 0 Å². The maximum absolute atomic E-state index is 13.4. The molecule has 0 spiro atoms. The molecule has 1 aromatic heterocycles. The van der Waals surface area contributed by atoms with E-state index in [0.29, 0.717) is 6.42 Å². The van der Waals surface area contributed by atoms with Crippen LogP contribution in [0.4, 0.5) is 4.39 Å². The maximum Gasteiger partial charge on any atom is 0.225 e. The molecule has 6 heteroatoms. The van der Waals surface area contributed by atoms with Crippen molar-refractivity contribution in [3.63, 3.8) is 0 Å². The number of ether oxygens (including phenoxy) is 1. The van der Waals surface area contributed by atoms with Crippen molar-refractivity contribution < 1.29 is 13.9 Å². The Labute approximate surface area is 158 Å². The van der Waals surface area contributed by atoms with Gasteiger partial charge in [0.05, 0.1) is 12.5 Å². The standard InChI is InChI=1S/C20H25FN2O2S/c1-15(25-2)12-20(24)23-10-8-22(9-11-23)14-18-6-7-19(26-18)16-4-3-5-17(21)13-16/h3-7,13,15H,8-12,14H2,1-2H3. The highest BCUT2D eigenvalue weighted by Crippen LogP contribution is 2.29. The minimum absolute atomic E-state index is 0.0344. The second kappa shape index (κ2) is 8.75. The van der Waals surface area contributed by atoms with Crippen LogP contribution in [0.15, 0.2) is 36.4 Å². The minimum atomic E-state index is -0.207. The molecule has 1 amide bonds. The molecule has 1 unspecified atom stereocenters. The van der Waals surface area contributed by atoms with Crippen LogP contribution in [-0.4, -0.2) is 55.1 Å². The van der Waals surface area contributed by atoms with E-state index in [-0.39, 0.29) is 17.8 Å². The van der Waals surface area contributed by atoms with Crippen molar-refractivity contribution in [2.75, 3.05) is 33.3 Å². The molecule has 4 nitrogen and oxygen atoms in total. The molecule has 2 aromatic rings. The summed E-state index contributed by atoms with van der Waals surface area (Å²) in [7, 11) is 1.63. The van der Waals surface area contributed by atoms with E-state index in [1.807, 2.05) is 17.9 Å². The van der Waals surface area contributed by atoms with E-state index in [0.717, 1.165) is 43.2 Å². The van der Waals surface area contributed by atoms with E-state index in [9.17, 15) is 9.18 Å². The number of carbonyl (C=O) groups is 1. The monoisotopic (exact) mass is 376 g/mol. The number of piperazine rings is 1. The zero-order valence-corrected chi connectivity index (χ0v) is 16.1. The highest BCUT2D eigenvalue weighted by atomic mass is 32.1. The lowest BCUT2D eigenvalue weighted by Gasteiger charge is -2.35. The van der Waals surface area contributed by atoms with Crippen LogP contribution >= 0.6 is 11.3 Å². The van der Waals surface area contributed by atoms with Gasteiger partial charge in [-0.1, -0.05) is 12.1 Å². The SMILES string of the molecule is COC(C)CC(=O)N1CCN(Cc2ccc(-c3cccc(F)c3)s2)CC1. The van der Waals surface area contributed by atoms with Crippen molar-refractivity contribution in [2.45, 2.75) is 26.0 Å². The highest BCUT2D eigenvalue weighted by molar-refractivity contribution is 7.15. The lowest BCUT2D eigenvalue weighted by molar-refractivity contribution is -0.135. The van der Waals surface area contributed by atoms with E-state index in [1.165, 1.54) is 10.9 Å². The number of halogens is 1. The van der Waals surface area contributed by atoms with E-state index >= 15 is 0 Å². The van der Waals surface area contributed by atoms with Crippen LogP contribution in [0.3, 0.4) is 0 Å². The fourth-order valence-electron chi connectivity index (χ4n) is 3.09. The molecule has 0 saturated carbocycles. The van der Waals surface area contributed by atoms with Gasteiger partial charge in [0.2, 0.25) is 5.91 Å². The minimum Gasteiger partial charge on any atom is -0.381 e. The number of amides is 1. The number of nitrogens with zero attached hydrogens (tertiary/aromatic N) is 2. The number of carbonyl (C=O) groups excluding carboxylic acids is 1. The van der Waals surface area contributed by atoms with Gasteiger partial charge in [-0.15, -0.1) is 11.3 Å². The number of thiophene rings is 1. The first kappa shape index (κ1) is 19.0. The Morgan fingerprint density at radius 1 is 1.23 bits per heavy atom. The Bertz CT molecular complexity index is 741. The molecule has 2 heterocycles. The summed E-state index contributed by atoms with van der Waals surface area (Å²) in [5.41, 5.74) is 0.920. The van der Waals surface area contributed by atoms with E-state index in [2.05, 4.69) is 17.0 Å². The Hall–Kier alpha value is -1.76. The lowest BCUT2D eigenvalue weighted by atomic mass is 10.2. The fourth-order valence-corrected chi connectivity index (χ4v) is 4.14. The van der Waals surface area contributed by atoms with Crippen molar-refractivity contribution in [3.05, 3.63) is 47.1 Å². The van der Waals surface area contributed by atoms with Crippen molar-refractivity contribution in [1.29, 1.82) is 0 Å². The summed E-state index contributed by atoms with van der Waals surface area (Å²) in [5, 5.41) is 0. The van der Waals surface area contributed by atoms with Crippen LogP contribution in [0, 0.1) is 5.82 Å². The number of methoxy groups -OCH3 is 1. The number of rotatable bonds is 6. The summed E-state index contributed by atoms with van der Waals surface area (Å²) < 4.78 is 18.6. The van der Waals surface area contributed by atoms with Gasteiger partial charge in [0.25, 0.3) is 0 Å². The molecule has 0 radical (unpaired) electrons. The highest BCUT2D eigenvalue weighted by Gasteiger charge is 2.22. The third-order valence-corrected chi connectivity index (χ3v) is 5.86. The topological polar surface area (TPSA) is 32.8 Å². The zero-order valence-electron chi connectivity index (χ0n) is 15.3. The molecule has 26 heavy (non-hydrogen) atoms. The number of benzene rings is 1. The van der Waals surface area contributed by atoms with Gasteiger partial charge in [0.1, 0.15) is 5.82 Å². The van der Waals surface area contributed by atoms with Gasteiger partial charge in [-0.25, -0.2) is 4.39 Å². The Morgan fingerprint density at radius 3 is 2.69 bits per heavy atom. The first-order chi connectivity index (χ1) is 12.5. The molecule has 0 bridgehead atoms. The van der Waals surface area contributed by atoms with Gasteiger partial charge >= 0.3 is 0 Å². The zero-order chi connectivity index (χ0) is 18.5. The molecule has 0 aliphatic carbocycles. The summed E-state index contributed by atoms with van der Waals surface area (Å²) in [6, 6.07) is 10.9. The Morgan fingerprint density at radius 2 is 2.00 bits per heavy atom. The molecular weight excluding hydrogens is 351 g/mol. The van der Waals surface area contributed by atoms with E-state index in [4.69, 9.17) is 4.74 Å². The fraction of sp³-hybridized carbons (Fsp3) is 0.450. The third-order valence-electron chi connectivity index (χ3n) is 4.74. The van der Waals surface area contributed by atoms with Gasteiger partial charge in [-0.05, 0) is 36.8 Å². The molecule has 1 saturated heterocycles. The van der Waals surface area contributed by atoms with Crippen molar-refractivity contribution in [3.8, 4) is 10.4 Å². The van der Waals surface area contributed by atoms with Crippen molar-refractivity contribution in [1.82, 2.24) is 9.80 Å². The molecule has 1 atom stereocenters. The number of hydrogen-bond acceptors (Lipinski definition) is 4. The predicted molar refractivity (Wildman–Crippen MR) is 103 cm³/mol. The largest absolute Gasteiger partial charge is 0.381 e. The Kier molecular flexibility index (Phi) is 6.40. The van der Waals surface area contributed by atoms with Gasteiger partial charge in [0.15, 0.2) is 0 Å². The van der Waals surface area contributed by atoms with E-state index < -0.39 is 0 Å². The van der Waals surface area contributed by atoms with Crippen LogP contribution in [0.1, 0.15) is 18.2 Å². The second-order valence-corrected chi connectivity index (χ2v) is 7.85. The average Bonchev–Trinajstić information content (AvgIpc) is 3.10. The third kappa shape index (κ3) is 4.90. The molecule has 0 N–H and O–H groups in total. The second-order valence-electron chi connectivity index (χ2n) is 6.68. The van der Waals surface area contributed by atoms with Crippen molar-refractivity contribution in [2.24, 2.45) is 0 Å². The smallest absolute Gasteiger partial charge is 0.225 e. The number of hydrogen-bond donors (Lipinski definition) is 0. The molecule has 1 aliphatic heterocycles. The van der Waals surface area contributed by atoms with Crippen LogP contribution in [0.5, 0.6) is 0 Å². The van der Waals surface area contributed by atoms with Crippen LogP contribution in [0.2, 0.25) is 0 Å². The predicted octanol–water partition coefficient (Wildman–Crippen LogP) is 3.62. The van der Waals surface area contributed by atoms with Crippen molar-refractivity contribution >= 4 is 17.2 Å². The van der Waals surface area contributed by atoms with Gasteiger partial charge < -0.3 is 9.64 Å². The molecule has 1 aliphatic rings. The van der Waals surface area contributed by atoms with Crippen LogP contribution in [0.25, 0.3) is 10.4 Å². The maximum atomic E-state index is 13.4. The molecule has 140 valence electrons. The lowest BCUT2D eigenvalue weighted by Crippen LogP contribution is -2.48. The summed E-state index contributed by atoms with van der Waals surface area (Å²) in [5.74, 6) is -0.0375. The first-order valence-corrected chi connectivity index (χ1v) is 9.74. The molecule has 3 rings (SSSR count).